The second-order valence-electron chi connectivity index (χ2n) is 6.99. The molecule has 2 N–H and O–H groups in total. The lowest BCUT2D eigenvalue weighted by atomic mass is 9.87. The van der Waals surface area contributed by atoms with Crippen LogP contribution in [0.5, 0.6) is 0 Å². The van der Waals surface area contributed by atoms with Crippen LogP contribution in [0.2, 0.25) is 0 Å². The number of nitrogens with one attached hydrogen (secondary N) is 2. The van der Waals surface area contributed by atoms with Crippen molar-refractivity contribution in [3.8, 4) is 0 Å². The van der Waals surface area contributed by atoms with E-state index in [0.717, 1.165) is 4.90 Å². The second kappa shape index (κ2) is 8.36. The van der Waals surface area contributed by atoms with E-state index in [1.165, 1.54) is 42.4 Å². The Labute approximate surface area is 157 Å². The van der Waals surface area contributed by atoms with Crippen molar-refractivity contribution in [3.63, 3.8) is 0 Å². The van der Waals surface area contributed by atoms with E-state index in [1.807, 2.05) is 12.1 Å². The average Bonchev–Trinajstić information content (AvgIpc) is 2.55. The Balaban J connectivity index is 1.94. The van der Waals surface area contributed by atoms with Crippen molar-refractivity contribution >= 4 is 35.0 Å². The van der Waals surface area contributed by atoms with Crippen LogP contribution in [-0.2, 0) is 15.0 Å². The topological polar surface area (TPSA) is 58.2 Å². The number of amides is 2. The van der Waals surface area contributed by atoms with Crippen molar-refractivity contribution in [2.45, 2.75) is 38.0 Å². The second-order valence-corrected chi connectivity index (χ2v) is 8.04. The summed E-state index contributed by atoms with van der Waals surface area (Å²) in [6.45, 7) is 7.76. The van der Waals surface area contributed by atoms with Crippen LogP contribution < -0.4 is 10.6 Å². The first-order valence-corrected chi connectivity index (χ1v) is 9.24. The molecule has 4 nitrogen and oxygen atoms in total. The van der Waals surface area contributed by atoms with Gasteiger partial charge in [-0.05, 0) is 41.3 Å². The Bertz CT molecular complexity index is 798. The van der Waals surface area contributed by atoms with Gasteiger partial charge in [0.2, 0.25) is 11.8 Å². The fraction of sp³-hybridized carbons (Fsp3) is 0.300. The number of thioether (sulfide) groups is 1. The van der Waals surface area contributed by atoms with Gasteiger partial charge in [0.15, 0.2) is 0 Å². The Morgan fingerprint density at radius 2 is 1.69 bits per heavy atom. The van der Waals surface area contributed by atoms with E-state index >= 15 is 0 Å². The van der Waals surface area contributed by atoms with Crippen molar-refractivity contribution < 1.29 is 14.0 Å². The maximum atomic E-state index is 13.6. The molecular formula is C20H23FN2O2S. The molecule has 2 aromatic carbocycles. The van der Waals surface area contributed by atoms with Gasteiger partial charge in [0.1, 0.15) is 5.82 Å². The average molecular weight is 374 g/mol. The first-order valence-electron chi connectivity index (χ1n) is 8.25. The van der Waals surface area contributed by atoms with Gasteiger partial charge in [-0.25, -0.2) is 4.39 Å². The highest BCUT2D eigenvalue weighted by Crippen LogP contribution is 2.26. The summed E-state index contributed by atoms with van der Waals surface area (Å²) in [7, 11) is 0. The number of rotatable bonds is 5. The van der Waals surface area contributed by atoms with E-state index in [-0.39, 0.29) is 28.7 Å². The summed E-state index contributed by atoms with van der Waals surface area (Å²) in [6.07, 6.45) is 0. The molecule has 2 rings (SSSR count). The quantitative estimate of drug-likeness (QED) is 0.738. The van der Waals surface area contributed by atoms with Crippen molar-refractivity contribution in [3.05, 3.63) is 53.8 Å². The third-order valence-electron chi connectivity index (χ3n) is 3.65. The van der Waals surface area contributed by atoms with E-state index in [4.69, 9.17) is 0 Å². The molecule has 2 aromatic rings. The highest BCUT2D eigenvalue weighted by Gasteiger charge is 2.13. The summed E-state index contributed by atoms with van der Waals surface area (Å²) in [5, 5.41) is 5.10. The van der Waals surface area contributed by atoms with E-state index in [0.29, 0.717) is 5.69 Å². The molecule has 0 unspecified atom stereocenters. The summed E-state index contributed by atoms with van der Waals surface area (Å²) in [6, 6.07) is 12.2. The van der Waals surface area contributed by atoms with Gasteiger partial charge < -0.3 is 10.6 Å². The molecule has 138 valence electrons. The van der Waals surface area contributed by atoms with Crippen LogP contribution in [0.25, 0.3) is 0 Å². The Morgan fingerprint density at radius 3 is 2.27 bits per heavy atom. The first kappa shape index (κ1) is 20.0. The third-order valence-corrected chi connectivity index (χ3v) is 4.66. The minimum atomic E-state index is -0.550. The lowest BCUT2D eigenvalue weighted by Crippen LogP contribution is -2.15. The van der Waals surface area contributed by atoms with Crippen molar-refractivity contribution in [1.82, 2.24) is 0 Å². The van der Waals surface area contributed by atoms with Gasteiger partial charge in [-0.2, -0.15) is 0 Å². The number of hydrogen-bond acceptors (Lipinski definition) is 3. The van der Waals surface area contributed by atoms with Crippen LogP contribution in [0.1, 0.15) is 33.3 Å². The van der Waals surface area contributed by atoms with Gasteiger partial charge in [-0.1, -0.05) is 32.9 Å². The van der Waals surface area contributed by atoms with E-state index in [1.54, 1.807) is 0 Å². The molecule has 6 heteroatoms. The molecule has 0 aliphatic heterocycles. The Morgan fingerprint density at radius 1 is 1.04 bits per heavy atom. The normalized spacial score (nSPS) is 11.1. The van der Waals surface area contributed by atoms with Crippen LogP contribution in [0.3, 0.4) is 0 Å². The molecule has 0 heterocycles. The van der Waals surface area contributed by atoms with Gasteiger partial charge >= 0.3 is 0 Å². The van der Waals surface area contributed by atoms with Crippen molar-refractivity contribution in [2.24, 2.45) is 0 Å². The van der Waals surface area contributed by atoms with Crippen LogP contribution in [0, 0.1) is 5.82 Å². The summed E-state index contributed by atoms with van der Waals surface area (Å²) < 4.78 is 13.6. The molecular weight excluding hydrogens is 351 g/mol. The third kappa shape index (κ3) is 5.88. The highest BCUT2D eigenvalue weighted by atomic mass is 32.2. The van der Waals surface area contributed by atoms with Crippen LogP contribution in [0.4, 0.5) is 15.8 Å². The molecule has 0 atom stereocenters. The zero-order chi connectivity index (χ0) is 19.3. The summed E-state index contributed by atoms with van der Waals surface area (Å²) in [4.78, 5) is 24.2. The zero-order valence-electron chi connectivity index (χ0n) is 15.4. The molecule has 0 radical (unpaired) electrons. The largest absolute Gasteiger partial charge is 0.325 e. The van der Waals surface area contributed by atoms with Gasteiger partial charge in [-0.3, -0.25) is 9.59 Å². The summed E-state index contributed by atoms with van der Waals surface area (Å²) >= 11 is 1.43. The number of benzene rings is 2. The van der Waals surface area contributed by atoms with E-state index in [2.05, 4.69) is 43.5 Å². The number of halogens is 1. The fourth-order valence-corrected chi connectivity index (χ4v) is 2.98. The monoisotopic (exact) mass is 374 g/mol. The number of hydrogen-bond donors (Lipinski definition) is 2. The first-order chi connectivity index (χ1) is 12.1. The summed E-state index contributed by atoms with van der Waals surface area (Å²) in [5.74, 6) is -0.884. The molecule has 0 saturated carbocycles. The minimum absolute atomic E-state index is 0.0423. The molecule has 0 aromatic heterocycles. The van der Waals surface area contributed by atoms with Crippen molar-refractivity contribution in [2.75, 3.05) is 16.4 Å². The predicted octanol–water partition coefficient (Wildman–Crippen LogP) is 4.81. The predicted molar refractivity (Wildman–Crippen MR) is 105 cm³/mol. The number of anilines is 2. The zero-order valence-corrected chi connectivity index (χ0v) is 16.2. The summed E-state index contributed by atoms with van der Waals surface area (Å²) in [5.41, 5.74) is 1.81. The van der Waals surface area contributed by atoms with E-state index < -0.39 is 5.82 Å². The minimum Gasteiger partial charge on any atom is -0.325 e. The lowest BCUT2D eigenvalue weighted by molar-refractivity contribution is -0.114. The van der Waals surface area contributed by atoms with Gasteiger partial charge in [0, 0.05) is 17.5 Å². The van der Waals surface area contributed by atoms with Gasteiger partial charge in [-0.15, -0.1) is 11.8 Å². The van der Waals surface area contributed by atoms with Crippen LogP contribution in [-0.4, -0.2) is 17.6 Å². The molecule has 2 amide bonds. The molecule has 26 heavy (non-hydrogen) atoms. The fourth-order valence-electron chi connectivity index (χ4n) is 2.29. The molecule has 0 spiro atoms. The van der Waals surface area contributed by atoms with Crippen LogP contribution in [0.15, 0.2) is 47.4 Å². The molecule has 0 bridgehead atoms. The maximum Gasteiger partial charge on any atom is 0.234 e. The Kier molecular flexibility index (Phi) is 6.42. The smallest absolute Gasteiger partial charge is 0.234 e. The standard InChI is InChI=1S/C20H23FN2O2S/c1-13(24)22-18-11-15(7-10-17(18)21)23-19(25)12-26-16-8-5-14(6-9-16)20(2,3)4/h5-11H,12H2,1-4H3,(H,22,24)(H,23,25). The molecule has 0 fully saturated rings. The van der Waals surface area contributed by atoms with Gasteiger partial charge in [0.05, 0.1) is 11.4 Å². The Hall–Kier alpha value is -2.34. The molecule has 0 aliphatic carbocycles. The molecule has 0 saturated heterocycles. The molecule has 0 aliphatic rings. The highest BCUT2D eigenvalue weighted by molar-refractivity contribution is 8.00. The van der Waals surface area contributed by atoms with Gasteiger partial charge in [0.25, 0.3) is 0 Å². The number of carbonyl (C=O) groups excluding carboxylic acids is 2. The maximum absolute atomic E-state index is 13.6. The van der Waals surface area contributed by atoms with Crippen molar-refractivity contribution in [1.29, 1.82) is 0 Å². The van der Waals surface area contributed by atoms with E-state index in [9.17, 15) is 14.0 Å². The lowest BCUT2D eigenvalue weighted by Gasteiger charge is -2.19. The SMILES string of the molecule is CC(=O)Nc1cc(NC(=O)CSc2ccc(C(C)(C)C)cc2)ccc1F. The number of carbonyl (C=O) groups is 2. The van der Waals surface area contributed by atoms with Crippen LogP contribution >= 0.6 is 11.8 Å².